The molecular formula is C13H24O6. The van der Waals surface area contributed by atoms with Gasteiger partial charge in [-0.25, -0.2) is 0 Å². The van der Waals surface area contributed by atoms with Gasteiger partial charge in [0.2, 0.25) is 0 Å². The molecule has 0 aliphatic rings. The summed E-state index contributed by atoms with van der Waals surface area (Å²) in [5.41, 5.74) is 0. The van der Waals surface area contributed by atoms with Gasteiger partial charge >= 0.3 is 5.97 Å². The van der Waals surface area contributed by atoms with Crippen LogP contribution in [0, 0.1) is 0 Å². The molecule has 0 amide bonds. The lowest BCUT2D eigenvalue weighted by molar-refractivity contribution is -0.194. The number of ketones is 1. The van der Waals surface area contributed by atoms with E-state index in [2.05, 4.69) is 0 Å². The first-order valence-electron chi connectivity index (χ1n) is 6.47. The number of carbonyl (C=O) groups excluding carboxylic acids is 2. The number of carbonyl (C=O) groups is 2. The van der Waals surface area contributed by atoms with Gasteiger partial charge in [0, 0.05) is 20.0 Å². The van der Waals surface area contributed by atoms with E-state index in [9.17, 15) is 9.59 Å². The topological polar surface area (TPSA) is 82.1 Å². The molecular weight excluding hydrogens is 252 g/mol. The quantitative estimate of drug-likeness (QED) is 0.448. The Hall–Kier alpha value is -0.980. The maximum atomic E-state index is 11.4. The van der Waals surface area contributed by atoms with Crippen LogP contribution < -0.4 is 0 Å². The summed E-state index contributed by atoms with van der Waals surface area (Å²) in [4.78, 5) is 22.1. The predicted molar refractivity (Wildman–Crippen MR) is 68.5 cm³/mol. The van der Waals surface area contributed by atoms with E-state index in [0.717, 1.165) is 0 Å². The zero-order valence-corrected chi connectivity index (χ0v) is 11.9. The van der Waals surface area contributed by atoms with Crippen LogP contribution in [0.25, 0.3) is 0 Å². The lowest BCUT2D eigenvalue weighted by atomic mass is 10.2. The van der Waals surface area contributed by atoms with Crippen molar-refractivity contribution in [3.05, 3.63) is 0 Å². The molecule has 2 unspecified atom stereocenters. The number of aliphatic hydroxyl groups excluding tert-OH is 1. The Balaban J connectivity index is 3.86. The van der Waals surface area contributed by atoms with E-state index in [-0.39, 0.29) is 37.5 Å². The summed E-state index contributed by atoms with van der Waals surface area (Å²) < 4.78 is 15.4. The van der Waals surface area contributed by atoms with Crippen LogP contribution in [0.15, 0.2) is 0 Å². The van der Waals surface area contributed by atoms with Gasteiger partial charge in [0.15, 0.2) is 6.29 Å². The third-order valence-electron chi connectivity index (χ3n) is 2.56. The molecule has 0 heterocycles. The molecule has 0 rings (SSSR count). The third kappa shape index (κ3) is 9.58. The van der Waals surface area contributed by atoms with Crippen LogP contribution in [0.2, 0.25) is 0 Å². The Labute approximate surface area is 114 Å². The van der Waals surface area contributed by atoms with Crippen LogP contribution in [0.5, 0.6) is 0 Å². The molecule has 0 aromatic rings. The summed E-state index contributed by atoms with van der Waals surface area (Å²) in [6.45, 7) is 3.23. The van der Waals surface area contributed by atoms with Crippen molar-refractivity contribution in [1.29, 1.82) is 0 Å². The van der Waals surface area contributed by atoms with Gasteiger partial charge in [-0.3, -0.25) is 4.79 Å². The highest BCUT2D eigenvalue weighted by atomic mass is 16.7. The van der Waals surface area contributed by atoms with Gasteiger partial charge in [-0.05, 0) is 19.8 Å². The first-order valence-corrected chi connectivity index (χ1v) is 6.47. The lowest BCUT2D eigenvalue weighted by Crippen LogP contribution is -2.30. The molecule has 0 saturated heterocycles. The number of hydrogen-bond donors (Lipinski definition) is 1. The number of aliphatic hydroxyl groups is 1. The molecule has 0 bridgehead atoms. The molecule has 0 fully saturated rings. The average Bonchev–Trinajstić information content (AvgIpc) is 2.38. The fourth-order valence-corrected chi connectivity index (χ4v) is 1.36. The minimum atomic E-state index is -0.686. The summed E-state index contributed by atoms with van der Waals surface area (Å²) in [7, 11) is 1.44. The number of Topliss-reactive ketones (excluding diaryl/α,β-unsaturated/α-hetero) is 1. The molecule has 2 atom stereocenters. The predicted octanol–water partition coefficient (Wildman–Crippen LogP) is 1.05. The Bertz CT molecular complexity index is 262. The van der Waals surface area contributed by atoms with Crippen molar-refractivity contribution in [2.75, 3.05) is 20.3 Å². The summed E-state index contributed by atoms with van der Waals surface area (Å²) in [5, 5.41) is 9.00. The number of ether oxygens (including phenoxy) is 3. The Kier molecular flexibility index (Phi) is 10.3. The molecule has 0 aromatic carbocycles. The first kappa shape index (κ1) is 18.0. The summed E-state index contributed by atoms with van der Waals surface area (Å²) in [6.07, 6.45) is 0.689. The minimum Gasteiger partial charge on any atom is -0.460 e. The second-order valence-corrected chi connectivity index (χ2v) is 4.25. The summed E-state index contributed by atoms with van der Waals surface area (Å²) in [5.74, 6) is -0.330. The van der Waals surface area contributed by atoms with Crippen LogP contribution in [0.1, 0.15) is 39.5 Å². The fraction of sp³-hybridized carbons (Fsp3) is 0.846. The number of rotatable bonds is 11. The van der Waals surface area contributed by atoms with Crippen LogP contribution in [0.3, 0.4) is 0 Å². The molecule has 0 aliphatic heterocycles. The van der Waals surface area contributed by atoms with Crippen molar-refractivity contribution >= 4 is 11.8 Å². The first-order chi connectivity index (χ1) is 9.03. The lowest BCUT2D eigenvalue weighted by Gasteiger charge is -2.21. The average molecular weight is 276 g/mol. The van der Waals surface area contributed by atoms with E-state index in [1.807, 2.05) is 6.92 Å². The van der Waals surface area contributed by atoms with Gasteiger partial charge in [0.05, 0.1) is 12.7 Å². The van der Waals surface area contributed by atoms with E-state index in [0.29, 0.717) is 19.3 Å². The summed E-state index contributed by atoms with van der Waals surface area (Å²) >= 11 is 0. The second-order valence-electron chi connectivity index (χ2n) is 4.25. The Morgan fingerprint density at radius 3 is 2.42 bits per heavy atom. The number of hydrogen-bond acceptors (Lipinski definition) is 6. The molecule has 6 nitrogen and oxygen atoms in total. The van der Waals surface area contributed by atoms with Crippen molar-refractivity contribution in [2.24, 2.45) is 0 Å². The van der Waals surface area contributed by atoms with Crippen molar-refractivity contribution in [2.45, 2.75) is 51.9 Å². The second kappa shape index (κ2) is 10.9. The minimum absolute atomic E-state index is 0.0219. The molecule has 1 N–H and O–H groups in total. The van der Waals surface area contributed by atoms with Crippen LogP contribution in [0.4, 0.5) is 0 Å². The van der Waals surface area contributed by atoms with Crippen molar-refractivity contribution < 1.29 is 28.9 Å². The zero-order chi connectivity index (χ0) is 14.7. The van der Waals surface area contributed by atoms with E-state index < -0.39 is 6.29 Å². The molecule has 0 radical (unpaired) electrons. The third-order valence-corrected chi connectivity index (χ3v) is 2.56. The normalized spacial score (nSPS) is 13.9. The zero-order valence-electron chi connectivity index (χ0n) is 11.9. The van der Waals surface area contributed by atoms with Crippen molar-refractivity contribution in [1.82, 2.24) is 0 Å². The Morgan fingerprint density at radius 2 is 1.95 bits per heavy atom. The van der Waals surface area contributed by atoms with E-state index >= 15 is 0 Å². The van der Waals surface area contributed by atoms with Gasteiger partial charge in [0.25, 0.3) is 0 Å². The highest BCUT2D eigenvalue weighted by Gasteiger charge is 2.16. The van der Waals surface area contributed by atoms with Crippen molar-refractivity contribution in [3.8, 4) is 0 Å². The smallest absolute Gasteiger partial charge is 0.305 e. The van der Waals surface area contributed by atoms with Gasteiger partial charge in [-0.2, -0.15) is 0 Å². The molecule has 6 heteroatoms. The van der Waals surface area contributed by atoms with Crippen LogP contribution in [-0.2, 0) is 23.8 Å². The van der Waals surface area contributed by atoms with Crippen LogP contribution >= 0.6 is 0 Å². The molecule has 0 spiro atoms. The number of esters is 1. The standard InChI is InChI=1S/C13H24O6/c1-4-11(8-14)19-13(17-3)9-18-12(16)7-5-6-10(2)15/h11,13-14H,4-9H2,1-3H3. The highest BCUT2D eigenvalue weighted by molar-refractivity contribution is 5.76. The van der Waals surface area contributed by atoms with E-state index in [1.54, 1.807) is 0 Å². The van der Waals surface area contributed by atoms with E-state index in [4.69, 9.17) is 19.3 Å². The highest BCUT2D eigenvalue weighted by Crippen LogP contribution is 2.05. The molecule has 0 aliphatic carbocycles. The van der Waals surface area contributed by atoms with Gasteiger partial charge < -0.3 is 24.1 Å². The molecule has 112 valence electrons. The molecule has 0 saturated carbocycles. The monoisotopic (exact) mass is 276 g/mol. The van der Waals surface area contributed by atoms with Gasteiger partial charge in [0.1, 0.15) is 12.4 Å². The SMILES string of the molecule is CCC(CO)OC(COC(=O)CCCC(C)=O)OC. The van der Waals surface area contributed by atoms with Crippen molar-refractivity contribution in [3.63, 3.8) is 0 Å². The molecule has 0 aromatic heterocycles. The largest absolute Gasteiger partial charge is 0.460 e. The molecule has 19 heavy (non-hydrogen) atoms. The van der Waals surface area contributed by atoms with E-state index in [1.165, 1.54) is 14.0 Å². The van der Waals surface area contributed by atoms with Gasteiger partial charge in [-0.1, -0.05) is 6.92 Å². The maximum Gasteiger partial charge on any atom is 0.305 e. The van der Waals surface area contributed by atoms with Crippen LogP contribution in [-0.4, -0.2) is 49.6 Å². The fourth-order valence-electron chi connectivity index (χ4n) is 1.36. The number of methoxy groups -OCH3 is 1. The van der Waals surface area contributed by atoms with Gasteiger partial charge in [-0.15, -0.1) is 0 Å². The Morgan fingerprint density at radius 1 is 1.26 bits per heavy atom. The maximum absolute atomic E-state index is 11.4. The summed E-state index contributed by atoms with van der Waals surface area (Å²) in [6, 6.07) is 0.